The van der Waals surface area contributed by atoms with Crippen LogP contribution in [-0.4, -0.2) is 13.1 Å². The quantitative estimate of drug-likeness (QED) is 0.821. The fourth-order valence-electron chi connectivity index (χ4n) is 2.17. The van der Waals surface area contributed by atoms with Crippen LogP contribution in [0.5, 0.6) is 0 Å². The van der Waals surface area contributed by atoms with Gasteiger partial charge in [0.15, 0.2) is 0 Å². The van der Waals surface area contributed by atoms with Crippen LogP contribution in [0.3, 0.4) is 0 Å². The summed E-state index contributed by atoms with van der Waals surface area (Å²) in [7, 11) is 2.01. The van der Waals surface area contributed by atoms with Crippen molar-refractivity contribution >= 4 is 0 Å². The average Bonchev–Trinajstić information content (AvgIpc) is 2.26. The molecule has 1 aromatic carbocycles. The second-order valence-corrected chi connectivity index (χ2v) is 5.32. The summed E-state index contributed by atoms with van der Waals surface area (Å²) in [6.45, 7) is 8.69. The summed E-state index contributed by atoms with van der Waals surface area (Å²) >= 11 is 0. The van der Waals surface area contributed by atoms with E-state index in [1.165, 1.54) is 16.7 Å². The van der Waals surface area contributed by atoms with E-state index in [1.54, 1.807) is 0 Å². The smallest absolute Gasteiger partial charge is 0.0334 e. The van der Waals surface area contributed by atoms with Crippen molar-refractivity contribution in [2.45, 2.75) is 52.1 Å². The molecule has 17 heavy (non-hydrogen) atoms. The molecular weight excluding hydrogens is 208 g/mol. The molecule has 1 rings (SSSR count). The Hall–Kier alpha value is -0.860. The molecule has 0 aliphatic rings. The van der Waals surface area contributed by atoms with Crippen molar-refractivity contribution in [2.75, 3.05) is 7.05 Å². The third kappa shape index (κ3) is 3.83. The molecule has 2 unspecified atom stereocenters. The molecular formula is C15H26N2. The van der Waals surface area contributed by atoms with E-state index in [4.69, 9.17) is 5.73 Å². The molecule has 0 radical (unpaired) electrons. The van der Waals surface area contributed by atoms with Gasteiger partial charge in [0.1, 0.15) is 0 Å². The van der Waals surface area contributed by atoms with Crippen LogP contribution in [0, 0.1) is 6.92 Å². The Morgan fingerprint density at radius 2 is 1.88 bits per heavy atom. The molecule has 0 bridgehead atoms. The van der Waals surface area contributed by atoms with Crippen molar-refractivity contribution in [3.8, 4) is 0 Å². The highest BCUT2D eigenvalue weighted by atomic mass is 14.9. The van der Waals surface area contributed by atoms with Gasteiger partial charge in [-0.2, -0.15) is 0 Å². The second-order valence-electron chi connectivity index (χ2n) is 5.32. The number of nitrogens with one attached hydrogen (secondary N) is 1. The van der Waals surface area contributed by atoms with Gasteiger partial charge in [-0.1, -0.05) is 32.0 Å². The summed E-state index contributed by atoms with van der Waals surface area (Å²) in [4.78, 5) is 0. The van der Waals surface area contributed by atoms with Gasteiger partial charge in [-0.15, -0.1) is 0 Å². The topological polar surface area (TPSA) is 38.0 Å². The van der Waals surface area contributed by atoms with Gasteiger partial charge in [0, 0.05) is 12.1 Å². The molecule has 0 saturated heterocycles. The van der Waals surface area contributed by atoms with Gasteiger partial charge < -0.3 is 11.1 Å². The minimum absolute atomic E-state index is 0.217. The number of aryl methyl sites for hydroxylation is 1. The Labute approximate surface area is 106 Å². The van der Waals surface area contributed by atoms with E-state index < -0.39 is 0 Å². The van der Waals surface area contributed by atoms with Gasteiger partial charge in [-0.3, -0.25) is 0 Å². The fourth-order valence-corrected chi connectivity index (χ4v) is 2.17. The predicted octanol–water partition coefficient (Wildman–Crippen LogP) is 3.12. The lowest BCUT2D eigenvalue weighted by atomic mass is 9.91. The van der Waals surface area contributed by atoms with Crippen LogP contribution < -0.4 is 11.1 Å². The molecule has 2 atom stereocenters. The Kier molecular flexibility index (Phi) is 5.16. The molecule has 0 fully saturated rings. The van der Waals surface area contributed by atoms with Crippen molar-refractivity contribution in [1.29, 1.82) is 0 Å². The highest BCUT2D eigenvalue weighted by molar-refractivity contribution is 5.35. The minimum atomic E-state index is 0.217. The molecule has 0 aliphatic carbocycles. The van der Waals surface area contributed by atoms with Gasteiger partial charge in [-0.25, -0.2) is 0 Å². The van der Waals surface area contributed by atoms with Gasteiger partial charge in [-0.05, 0) is 49.9 Å². The van der Waals surface area contributed by atoms with Gasteiger partial charge in [0.2, 0.25) is 0 Å². The van der Waals surface area contributed by atoms with E-state index >= 15 is 0 Å². The maximum Gasteiger partial charge on any atom is 0.0334 e. The maximum absolute atomic E-state index is 5.91. The van der Waals surface area contributed by atoms with E-state index in [-0.39, 0.29) is 6.04 Å². The SMILES string of the molecule is CNC(CC(C)N)c1cc(C(C)C)ccc1C. The molecule has 0 heterocycles. The zero-order valence-corrected chi connectivity index (χ0v) is 11.7. The first-order valence-corrected chi connectivity index (χ1v) is 6.49. The molecule has 0 amide bonds. The van der Waals surface area contributed by atoms with Crippen LogP contribution in [0.25, 0.3) is 0 Å². The Bertz CT molecular complexity index is 356. The van der Waals surface area contributed by atoms with E-state index in [0.717, 1.165) is 6.42 Å². The van der Waals surface area contributed by atoms with Crippen LogP contribution >= 0.6 is 0 Å². The fraction of sp³-hybridized carbons (Fsp3) is 0.600. The zero-order valence-electron chi connectivity index (χ0n) is 11.7. The summed E-state index contributed by atoms with van der Waals surface area (Å²) in [5.74, 6) is 0.571. The van der Waals surface area contributed by atoms with Crippen LogP contribution in [-0.2, 0) is 0 Å². The molecule has 2 nitrogen and oxygen atoms in total. The van der Waals surface area contributed by atoms with Crippen molar-refractivity contribution in [1.82, 2.24) is 5.32 Å². The van der Waals surface area contributed by atoms with Crippen molar-refractivity contribution in [3.63, 3.8) is 0 Å². The summed E-state index contributed by atoms with van der Waals surface area (Å²) in [5.41, 5.74) is 10.0. The Balaban J connectivity index is 3.04. The van der Waals surface area contributed by atoms with Crippen LogP contribution in [0.15, 0.2) is 18.2 Å². The van der Waals surface area contributed by atoms with Crippen molar-refractivity contribution in [3.05, 3.63) is 34.9 Å². The minimum Gasteiger partial charge on any atom is -0.328 e. The standard InChI is InChI=1S/C15H26N2/c1-10(2)13-7-6-11(3)14(9-13)15(17-5)8-12(4)16/h6-7,9-10,12,15,17H,8,16H2,1-5H3. The summed E-state index contributed by atoms with van der Waals surface area (Å²) < 4.78 is 0. The number of hydrogen-bond acceptors (Lipinski definition) is 2. The van der Waals surface area contributed by atoms with Crippen LogP contribution in [0.1, 0.15) is 55.8 Å². The van der Waals surface area contributed by atoms with Crippen molar-refractivity contribution in [2.24, 2.45) is 5.73 Å². The average molecular weight is 234 g/mol. The van der Waals surface area contributed by atoms with E-state index in [0.29, 0.717) is 12.0 Å². The first-order chi connectivity index (χ1) is 7.95. The number of nitrogens with two attached hydrogens (primary N) is 1. The van der Waals surface area contributed by atoms with Crippen molar-refractivity contribution < 1.29 is 0 Å². The van der Waals surface area contributed by atoms with E-state index in [1.807, 2.05) is 7.05 Å². The number of benzene rings is 1. The zero-order chi connectivity index (χ0) is 13.0. The third-order valence-electron chi connectivity index (χ3n) is 3.30. The molecule has 0 spiro atoms. The van der Waals surface area contributed by atoms with Gasteiger partial charge in [0.05, 0.1) is 0 Å². The van der Waals surface area contributed by atoms with E-state index in [9.17, 15) is 0 Å². The lowest BCUT2D eigenvalue weighted by Gasteiger charge is -2.22. The second kappa shape index (κ2) is 6.18. The summed E-state index contributed by atoms with van der Waals surface area (Å²) in [6, 6.07) is 7.34. The van der Waals surface area contributed by atoms with Gasteiger partial charge in [0.25, 0.3) is 0 Å². The highest BCUT2D eigenvalue weighted by Crippen LogP contribution is 2.25. The lowest BCUT2D eigenvalue weighted by molar-refractivity contribution is 0.497. The molecule has 1 aromatic rings. The van der Waals surface area contributed by atoms with Crippen LogP contribution in [0.2, 0.25) is 0 Å². The van der Waals surface area contributed by atoms with Gasteiger partial charge >= 0.3 is 0 Å². The third-order valence-corrected chi connectivity index (χ3v) is 3.30. The first-order valence-electron chi connectivity index (χ1n) is 6.49. The largest absolute Gasteiger partial charge is 0.328 e. The highest BCUT2D eigenvalue weighted by Gasteiger charge is 2.14. The van der Waals surface area contributed by atoms with Crippen LogP contribution in [0.4, 0.5) is 0 Å². The number of rotatable bonds is 5. The Morgan fingerprint density at radius 3 is 2.35 bits per heavy atom. The number of hydrogen-bond donors (Lipinski definition) is 2. The molecule has 0 aliphatic heterocycles. The molecule has 96 valence electrons. The molecule has 0 saturated carbocycles. The summed E-state index contributed by atoms with van der Waals surface area (Å²) in [5, 5.41) is 3.38. The lowest BCUT2D eigenvalue weighted by Crippen LogP contribution is -2.26. The maximum atomic E-state index is 5.91. The molecule has 2 heteroatoms. The molecule has 3 N–H and O–H groups in total. The normalized spacial score (nSPS) is 15.0. The first kappa shape index (κ1) is 14.2. The Morgan fingerprint density at radius 1 is 1.24 bits per heavy atom. The molecule has 0 aromatic heterocycles. The monoisotopic (exact) mass is 234 g/mol. The van der Waals surface area contributed by atoms with E-state index in [2.05, 4.69) is 51.2 Å². The predicted molar refractivity (Wildman–Crippen MR) is 75.3 cm³/mol. The summed E-state index contributed by atoms with van der Waals surface area (Å²) in [6.07, 6.45) is 0.971.